The minimum atomic E-state index is -0.00695. The largest absolute Gasteiger partial charge is 0.354 e. The minimum Gasteiger partial charge on any atom is -0.354 e. The van der Waals surface area contributed by atoms with Crippen LogP contribution in [0, 0.1) is 23.2 Å². The lowest BCUT2D eigenvalue weighted by Gasteiger charge is -2.27. The van der Waals surface area contributed by atoms with Gasteiger partial charge in [0.05, 0.1) is 19.0 Å². The number of amides is 1. The molecule has 0 radical (unpaired) electrons. The molecule has 4 nitrogen and oxygen atoms in total. The molecule has 0 saturated heterocycles. The summed E-state index contributed by atoms with van der Waals surface area (Å²) in [5, 5.41) is 14.3. The molecule has 0 aromatic rings. The van der Waals surface area contributed by atoms with Crippen molar-refractivity contribution in [2.24, 2.45) is 11.8 Å². The number of hydrogen-bond acceptors (Lipinski definition) is 3. The molecule has 0 unspecified atom stereocenters. The molecule has 0 aromatic heterocycles. The van der Waals surface area contributed by atoms with E-state index < -0.39 is 0 Å². The van der Waals surface area contributed by atoms with Crippen molar-refractivity contribution < 1.29 is 4.79 Å². The predicted molar refractivity (Wildman–Crippen MR) is 71.8 cm³/mol. The van der Waals surface area contributed by atoms with Crippen molar-refractivity contribution in [2.75, 3.05) is 19.6 Å². The first-order valence-electron chi connectivity index (χ1n) is 7.10. The minimum absolute atomic E-state index is 0.00695. The van der Waals surface area contributed by atoms with Gasteiger partial charge in [0.15, 0.2) is 0 Å². The summed E-state index contributed by atoms with van der Waals surface area (Å²) in [4.78, 5) is 11.4. The molecule has 1 amide bonds. The molecule has 0 atom stereocenters. The number of nitrogens with zero attached hydrogens (tertiary/aromatic N) is 1. The molecule has 102 valence electrons. The van der Waals surface area contributed by atoms with E-state index in [1.807, 2.05) is 6.07 Å². The molecule has 0 heterocycles. The second-order valence-electron chi connectivity index (χ2n) is 5.18. The van der Waals surface area contributed by atoms with E-state index in [9.17, 15) is 4.79 Å². The molecule has 1 fully saturated rings. The fourth-order valence-electron chi connectivity index (χ4n) is 2.55. The van der Waals surface area contributed by atoms with Crippen LogP contribution in [0.3, 0.4) is 0 Å². The van der Waals surface area contributed by atoms with Crippen molar-refractivity contribution >= 4 is 5.91 Å². The van der Waals surface area contributed by atoms with E-state index in [1.54, 1.807) is 0 Å². The molecular formula is C14H25N3O. The van der Waals surface area contributed by atoms with E-state index in [-0.39, 0.29) is 5.91 Å². The van der Waals surface area contributed by atoms with Crippen molar-refractivity contribution in [3.63, 3.8) is 0 Å². The molecule has 0 aliphatic heterocycles. The molecule has 4 heteroatoms. The highest BCUT2D eigenvalue weighted by molar-refractivity contribution is 5.77. The van der Waals surface area contributed by atoms with Gasteiger partial charge in [0.1, 0.15) is 0 Å². The zero-order chi connectivity index (χ0) is 13.2. The van der Waals surface area contributed by atoms with Gasteiger partial charge < -0.3 is 10.6 Å². The highest BCUT2D eigenvalue weighted by Gasteiger charge is 2.19. The van der Waals surface area contributed by atoms with Crippen LogP contribution in [-0.4, -0.2) is 25.5 Å². The monoisotopic (exact) mass is 251 g/mol. The van der Waals surface area contributed by atoms with Gasteiger partial charge >= 0.3 is 0 Å². The molecule has 0 spiro atoms. The fourth-order valence-corrected chi connectivity index (χ4v) is 2.55. The smallest absolute Gasteiger partial charge is 0.233 e. The third-order valence-corrected chi connectivity index (χ3v) is 3.82. The number of carbonyl (C=O) groups excluding carboxylic acids is 1. The normalized spacial score (nSPS) is 23.3. The Morgan fingerprint density at radius 1 is 1.28 bits per heavy atom. The van der Waals surface area contributed by atoms with Gasteiger partial charge in [-0.3, -0.25) is 4.79 Å². The van der Waals surface area contributed by atoms with E-state index in [2.05, 4.69) is 17.6 Å². The van der Waals surface area contributed by atoms with Crippen LogP contribution >= 0.6 is 0 Å². The Hall–Kier alpha value is -1.08. The van der Waals surface area contributed by atoms with Crippen LogP contribution < -0.4 is 10.6 Å². The average molecular weight is 251 g/mol. The molecule has 18 heavy (non-hydrogen) atoms. The average Bonchev–Trinajstić information content (AvgIpc) is 2.40. The van der Waals surface area contributed by atoms with Gasteiger partial charge in [0, 0.05) is 6.54 Å². The van der Waals surface area contributed by atoms with E-state index >= 15 is 0 Å². The van der Waals surface area contributed by atoms with Crippen LogP contribution in [0.5, 0.6) is 0 Å². The summed E-state index contributed by atoms with van der Waals surface area (Å²) >= 11 is 0. The SMILES string of the molecule is CCC1CCC(CNCC(=O)NCCC#N)CC1. The first kappa shape index (κ1) is 15.0. The maximum atomic E-state index is 11.4. The lowest BCUT2D eigenvalue weighted by molar-refractivity contribution is -0.120. The van der Waals surface area contributed by atoms with Crippen LogP contribution in [0.2, 0.25) is 0 Å². The van der Waals surface area contributed by atoms with Crippen LogP contribution in [0.4, 0.5) is 0 Å². The summed E-state index contributed by atoms with van der Waals surface area (Å²) in [5.41, 5.74) is 0. The lowest BCUT2D eigenvalue weighted by atomic mass is 9.81. The van der Waals surface area contributed by atoms with E-state index in [4.69, 9.17) is 5.26 Å². The summed E-state index contributed by atoms with van der Waals surface area (Å²) < 4.78 is 0. The second-order valence-corrected chi connectivity index (χ2v) is 5.18. The van der Waals surface area contributed by atoms with Crippen LogP contribution in [-0.2, 0) is 4.79 Å². The quantitative estimate of drug-likeness (QED) is 0.678. The Balaban J connectivity index is 2.01. The maximum Gasteiger partial charge on any atom is 0.233 e. The van der Waals surface area contributed by atoms with E-state index in [0.29, 0.717) is 19.5 Å². The van der Waals surface area contributed by atoms with Crippen molar-refractivity contribution in [1.29, 1.82) is 5.26 Å². The molecule has 1 rings (SSSR count). The third-order valence-electron chi connectivity index (χ3n) is 3.82. The summed E-state index contributed by atoms with van der Waals surface area (Å²) in [7, 11) is 0. The van der Waals surface area contributed by atoms with Crippen LogP contribution in [0.15, 0.2) is 0 Å². The zero-order valence-electron chi connectivity index (χ0n) is 11.4. The summed E-state index contributed by atoms with van der Waals surface area (Å²) in [5.74, 6) is 1.66. The highest BCUT2D eigenvalue weighted by Crippen LogP contribution is 2.29. The molecule has 0 aromatic carbocycles. The Morgan fingerprint density at radius 3 is 2.56 bits per heavy atom. The van der Waals surface area contributed by atoms with Gasteiger partial charge in [0.2, 0.25) is 5.91 Å². The Labute approximate surface area is 110 Å². The topological polar surface area (TPSA) is 64.9 Å². The van der Waals surface area contributed by atoms with Crippen molar-refractivity contribution in [3.05, 3.63) is 0 Å². The zero-order valence-corrected chi connectivity index (χ0v) is 11.4. The number of carbonyl (C=O) groups is 1. The Kier molecular flexibility index (Phi) is 7.43. The Morgan fingerprint density at radius 2 is 1.94 bits per heavy atom. The molecule has 2 N–H and O–H groups in total. The molecular weight excluding hydrogens is 226 g/mol. The highest BCUT2D eigenvalue weighted by atomic mass is 16.1. The molecule has 1 saturated carbocycles. The standard InChI is InChI=1S/C14H25N3O/c1-2-12-4-6-13(7-5-12)10-16-11-14(18)17-9-3-8-15/h12-13,16H,2-7,9-11H2,1H3,(H,17,18). The van der Waals surface area contributed by atoms with Crippen molar-refractivity contribution in [1.82, 2.24) is 10.6 Å². The number of rotatable bonds is 7. The lowest BCUT2D eigenvalue weighted by Crippen LogP contribution is -2.37. The fraction of sp³-hybridized carbons (Fsp3) is 0.857. The number of nitrogens with one attached hydrogen (secondary N) is 2. The van der Waals surface area contributed by atoms with E-state index in [0.717, 1.165) is 18.4 Å². The van der Waals surface area contributed by atoms with Gasteiger partial charge in [0.25, 0.3) is 0 Å². The van der Waals surface area contributed by atoms with Gasteiger partial charge in [-0.15, -0.1) is 0 Å². The number of hydrogen-bond donors (Lipinski definition) is 2. The molecule has 1 aliphatic rings. The van der Waals surface area contributed by atoms with Crippen LogP contribution in [0.1, 0.15) is 45.4 Å². The Bertz CT molecular complexity index is 277. The van der Waals surface area contributed by atoms with E-state index in [1.165, 1.54) is 32.1 Å². The van der Waals surface area contributed by atoms with Crippen molar-refractivity contribution in [2.45, 2.75) is 45.4 Å². The molecule has 1 aliphatic carbocycles. The summed E-state index contributed by atoms with van der Waals surface area (Å²) in [6.45, 7) is 4.05. The number of nitriles is 1. The van der Waals surface area contributed by atoms with Crippen LogP contribution in [0.25, 0.3) is 0 Å². The molecule has 0 bridgehead atoms. The summed E-state index contributed by atoms with van der Waals surface area (Å²) in [6.07, 6.45) is 6.96. The van der Waals surface area contributed by atoms with Gasteiger partial charge in [-0.05, 0) is 31.2 Å². The first-order valence-corrected chi connectivity index (χ1v) is 7.10. The maximum absolute atomic E-state index is 11.4. The first-order chi connectivity index (χ1) is 8.76. The summed E-state index contributed by atoms with van der Waals surface area (Å²) in [6, 6.07) is 2.01. The third kappa shape index (κ3) is 6.02. The van der Waals surface area contributed by atoms with Gasteiger partial charge in [-0.2, -0.15) is 5.26 Å². The predicted octanol–water partition coefficient (Wildman–Crippen LogP) is 1.82. The van der Waals surface area contributed by atoms with Gasteiger partial charge in [-0.25, -0.2) is 0 Å². The second kappa shape index (κ2) is 8.93. The van der Waals surface area contributed by atoms with Gasteiger partial charge in [-0.1, -0.05) is 26.2 Å². The van der Waals surface area contributed by atoms with Crippen molar-refractivity contribution in [3.8, 4) is 6.07 Å².